The second-order valence-corrected chi connectivity index (χ2v) is 9.25. The predicted octanol–water partition coefficient (Wildman–Crippen LogP) is 2.16. The number of hydrogen-bond acceptors (Lipinski definition) is 5. The van der Waals surface area contributed by atoms with Crippen molar-refractivity contribution in [2.45, 2.75) is 32.2 Å². The molecule has 1 aromatic heterocycles. The van der Waals surface area contributed by atoms with Crippen molar-refractivity contribution < 1.29 is 9.59 Å². The maximum Gasteiger partial charge on any atom is 0.233 e. The molecule has 2 bridgehead atoms. The molecular formula is C24H33IN6O2. The first-order chi connectivity index (χ1) is 15.7. The molecule has 2 N–H and O–H groups in total. The van der Waals surface area contributed by atoms with Crippen LogP contribution in [0.5, 0.6) is 0 Å². The van der Waals surface area contributed by atoms with Crippen molar-refractivity contribution in [3.05, 3.63) is 36.0 Å². The van der Waals surface area contributed by atoms with Crippen LogP contribution in [0.1, 0.15) is 31.2 Å². The number of fused-ring (bicyclic) bond motifs is 5. The number of aliphatic imine (C=N–C) groups is 1. The molecule has 5 rings (SSSR count). The molecule has 1 aromatic rings. The van der Waals surface area contributed by atoms with Crippen LogP contribution in [-0.2, 0) is 16.1 Å². The van der Waals surface area contributed by atoms with Crippen LogP contribution in [-0.4, -0.2) is 60.9 Å². The van der Waals surface area contributed by atoms with Crippen molar-refractivity contribution in [3.63, 3.8) is 0 Å². The molecular weight excluding hydrogens is 531 g/mol. The van der Waals surface area contributed by atoms with Crippen LogP contribution in [0.2, 0.25) is 0 Å². The highest BCUT2D eigenvalue weighted by atomic mass is 127. The normalized spacial score (nSPS) is 28.2. The molecule has 4 atom stereocenters. The van der Waals surface area contributed by atoms with Gasteiger partial charge in [0.05, 0.1) is 11.8 Å². The monoisotopic (exact) mass is 564 g/mol. The van der Waals surface area contributed by atoms with E-state index in [-0.39, 0.29) is 59.5 Å². The number of pyridine rings is 1. The van der Waals surface area contributed by atoms with Gasteiger partial charge in [-0.2, -0.15) is 0 Å². The highest BCUT2D eigenvalue weighted by molar-refractivity contribution is 14.0. The van der Waals surface area contributed by atoms with Crippen molar-refractivity contribution in [3.8, 4) is 0 Å². The number of guanidine groups is 1. The zero-order valence-corrected chi connectivity index (χ0v) is 21.4. The molecule has 8 nitrogen and oxygen atoms in total. The van der Waals surface area contributed by atoms with Crippen LogP contribution >= 0.6 is 24.0 Å². The third kappa shape index (κ3) is 4.74. The molecule has 3 fully saturated rings. The number of likely N-dealkylation sites (tertiary alicyclic amines) is 1. The van der Waals surface area contributed by atoms with Gasteiger partial charge in [-0.3, -0.25) is 19.5 Å². The number of rotatable bonds is 6. The molecule has 178 valence electrons. The Kier molecular flexibility index (Phi) is 7.55. The van der Waals surface area contributed by atoms with Crippen molar-refractivity contribution >= 4 is 47.6 Å². The van der Waals surface area contributed by atoms with Crippen LogP contribution in [0.4, 0.5) is 5.82 Å². The van der Waals surface area contributed by atoms with Gasteiger partial charge >= 0.3 is 0 Å². The van der Waals surface area contributed by atoms with Crippen LogP contribution in [0.25, 0.3) is 0 Å². The largest absolute Gasteiger partial charge is 0.357 e. The highest BCUT2D eigenvalue weighted by Crippen LogP contribution is 2.52. The van der Waals surface area contributed by atoms with Crippen LogP contribution in [0, 0.1) is 23.7 Å². The summed E-state index contributed by atoms with van der Waals surface area (Å²) in [6.45, 7) is 3.62. The fraction of sp³-hybridized carbons (Fsp3) is 0.583. The number of nitrogens with zero attached hydrogens (tertiary/aromatic N) is 4. The summed E-state index contributed by atoms with van der Waals surface area (Å²) in [6.07, 6.45) is 10.8. The maximum atomic E-state index is 12.8. The zero-order chi connectivity index (χ0) is 22.1. The number of imide groups is 1. The van der Waals surface area contributed by atoms with Gasteiger partial charge in [-0.1, -0.05) is 12.2 Å². The van der Waals surface area contributed by atoms with E-state index < -0.39 is 0 Å². The molecule has 2 saturated heterocycles. The molecule has 33 heavy (non-hydrogen) atoms. The van der Waals surface area contributed by atoms with Gasteiger partial charge < -0.3 is 15.5 Å². The maximum absolute atomic E-state index is 12.8. The molecule has 9 heteroatoms. The Morgan fingerprint density at radius 3 is 2.45 bits per heavy atom. The number of hydrogen-bond donors (Lipinski definition) is 2. The average Bonchev–Trinajstić information content (AvgIpc) is 3.52. The lowest BCUT2D eigenvalue weighted by Crippen LogP contribution is -2.43. The molecule has 4 unspecified atom stereocenters. The number of aromatic nitrogens is 1. The summed E-state index contributed by atoms with van der Waals surface area (Å²) in [7, 11) is 1.72. The molecule has 2 aliphatic heterocycles. The second kappa shape index (κ2) is 10.4. The summed E-state index contributed by atoms with van der Waals surface area (Å²) in [5.41, 5.74) is 1.14. The first-order valence-electron chi connectivity index (χ1n) is 11.8. The van der Waals surface area contributed by atoms with Gasteiger partial charge in [0, 0.05) is 46.0 Å². The number of nitrogens with one attached hydrogen (secondary N) is 2. The van der Waals surface area contributed by atoms with Crippen molar-refractivity contribution in [1.82, 2.24) is 20.5 Å². The summed E-state index contributed by atoms with van der Waals surface area (Å²) in [5.74, 6) is 1.95. The Balaban J connectivity index is 0.00000259. The standard InChI is InChI=1S/C24H32N6O2.HI/c1-25-24(28-15-16-7-8-26-19(13-16)29-10-3-2-4-11-29)27-9-12-30-22(31)20-17-5-6-18(14-17)21(20)23(30)32;/h5-8,13,17-18,20-21H,2-4,9-12,14-15H2,1H3,(H2,25,27,28);1H. The molecule has 2 aliphatic carbocycles. The van der Waals surface area contributed by atoms with E-state index in [1.807, 2.05) is 12.3 Å². The first-order valence-corrected chi connectivity index (χ1v) is 11.8. The third-order valence-electron chi connectivity index (χ3n) is 7.36. The van der Waals surface area contributed by atoms with E-state index >= 15 is 0 Å². The minimum absolute atomic E-state index is 0. The van der Waals surface area contributed by atoms with Gasteiger partial charge in [-0.25, -0.2) is 4.98 Å². The number of halogens is 1. The molecule has 1 saturated carbocycles. The molecule has 0 spiro atoms. The van der Waals surface area contributed by atoms with Crippen molar-refractivity contribution in [2.24, 2.45) is 28.7 Å². The molecule has 0 radical (unpaired) electrons. The number of allylic oxidation sites excluding steroid dienone is 2. The van der Waals surface area contributed by atoms with E-state index in [1.165, 1.54) is 24.2 Å². The summed E-state index contributed by atoms with van der Waals surface area (Å²) >= 11 is 0. The molecule has 2 amide bonds. The highest BCUT2D eigenvalue weighted by Gasteiger charge is 2.58. The van der Waals surface area contributed by atoms with Crippen LogP contribution in [0.15, 0.2) is 35.5 Å². The molecule has 0 aromatic carbocycles. The van der Waals surface area contributed by atoms with Gasteiger partial charge in [-0.15, -0.1) is 24.0 Å². The van der Waals surface area contributed by atoms with Gasteiger partial charge in [-0.05, 0) is 55.2 Å². The van der Waals surface area contributed by atoms with Gasteiger partial charge in [0.15, 0.2) is 5.96 Å². The van der Waals surface area contributed by atoms with E-state index in [4.69, 9.17) is 0 Å². The van der Waals surface area contributed by atoms with Crippen LogP contribution in [0.3, 0.4) is 0 Å². The topological polar surface area (TPSA) is 89.9 Å². The summed E-state index contributed by atoms with van der Waals surface area (Å²) in [4.78, 5) is 38.2. The smallest absolute Gasteiger partial charge is 0.233 e. The lowest BCUT2D eigenvalue weighted by atomic mass is 9.85. The lowest BCUT2D eigenvalue weighted by Gasteiger charge is -2.28. The van der Waals surface area contributed by atoms with Crippen molar-refractivity contribution in [1.29, 1.82) is 0 Å². The van der Waals surface area contributed by atoms with E-state index in [9.17, 15) is 9.59 Å². The number of carbonyl (C=O) groups excluding carboxylic acids is 2. The van der Waals surface area contributed by atoms with Gasteiger partial charge in [0.2, 0.25) is 11.8 Å². The Morgan fingerprint density at radius 2 is 1.79 bits per heavy atom. The Bertz CT molecular complexity index is 915. The van der Waals surface area contributed by atoms with E-state index in [0.29, 0.717) is 25.6 Å². The number of piperidine rings is 1. The third-order valence-corrected chi connectivity index (χ3v) is 7.36. The fourth-order valence-corrected chi connectivity index (χ4v) is 5.74. The first kappa shape index (κ1) is 24.0. The molecule has 3 heterocycles. The van der Waals surface area contributed by atoms with E-state index in [0.717, 1.165) is 30.9 Å². The quantitative estimate of drug-likeness (QED) is 0.181. The minimum atomic E-state index is -0.129. The van der Waals surface area contributed by atoms with Crippen molar-refractivity contribution in [2.75, 3.05) is 38.1 Å². The summed E-state index contributed by atoms with van der Waals surface area (Å²) in [5, 5.41) is 6.56. The Labute approximate surface area is 212 Å². The lowest BCUT2D eigenvalue weighted by molar-refractivity contribution is -0.140. The SMILES string of the molecule is CN=C(NCCN1C(=O)C2C3C=CC(C3)C2C1=O)NCc1ccnc(N2CCCCC2)c1.I. The number of anilines is 1. The van der Waals surface area contributed by atoms with Gasteiger partial charge in [0.1, 0.15) is 5.82 Å². The second-order valence-electron chi connectivity index (χ2n) is 9.25. The summed E-state index contributed by atoms with van der Waals surface area (Å²) in [6, 6.07) is 4.14. The summed E-state index contributed by atoms with van der Waals surface area (Å²) < 4.78 is 0. The Hall–Kier alpha value is -2.17. The zero-order valence-electron chi connectivity index (χ0n) is 19.1. The number of carbonyl (C=O) groups is 2. The molecule has 4 aliphatic rings. The number of amides is 2. The minimum Gasteiger partial charge on any atom is -0.357 e. The van der Waals surface area contributed by atoms with E-state index in [2.05, 4.69) is 43.7 Å². The van der Waals surface area contributed by atoms with Gasteiger partial charge in [0.25, 0.3) is 0 Å². The average molecular weight is 564 g/mol. The van der Waals surface area contributed by atoms with Crippen LogP contribution < -0.4 is 15.5 Å². The Morgan fingerprint density at radius 1 is 1.09 bits per heavy atom. The van der Waals surface area contributed by atoms with E-state index in [1.54, 1.807) is 7.05 Å². The fourth-order valence-electron chi connectivity index (χ4n) is 5.74. The predicted molar refractivity (Wildman–Crippen MR) is 138 cm³/mol.